The highest BCUT2D eigenvalue weighted by Gasteiger charge is 2.60. The van der Waals surface area contributed by atoms with Gasteiger partial charge in [0.05, 0.1) is 13.7 Å². The van der Waals surface area contributed by atoms with Gasteiger partial charge < -0.3 is 24.6 Å². The molecule has 220 valence electrons. The van der Waals surface area contributed by atoms with Crippen LogP contribution in [0.2, 0.25) is 0 Å². The number of esters is 1. The number of pyridine rings is 1. The van der Waals surface area contributed by atoms with Gasteiger partial charge >= 0.3 is 24.5 Å². The molecule has 0 aliphatic heterocycles. The topological polar surface area (TPSA) is 110 Å². The highest BCUT2D eigenvalue weighted by molar-refractivity contribution is 6.03. The number of urea groups is 1. The third-order valence-corrected chi connectivity index (χ3v) is 6.79. The average molecular weight is 572 g/mol. The standard InChI is InChI=1S/C27H33F4N3O6/c1-5-39-23(35)27(30,31)26(37)14-12-17(13-15-26)34(20-9-7-6-8-18(20)16(2)3)25(36)32-19-10-11-21(38-4)33-22(19)40-24(28)29/h6-11,16-17,24,37H,5,12-15H2,1-4H3,(H,32,36). The molecule has 2 N–H and O–H groups in total. The maximum Gasteiger partial charge on any atom is 0.388 e. The predicted molar refractivity (Wildman–Crippen MR) is 138 cm³/mol. The Morgan fingerprint density at radius 2 is 1.82 bits per heavy atom. The first kappa shape index (κ1) is 30.9. The Hall–Kier alpha value is -3.61. The van der Waals surface area contributed by atoms with Gasteiger partial charge in [-0.05, 0) is 56.2 Å². The molecule has 1 saturated carbocycles. The zero-order valence-electron chi connectivity index (χ0n) is 22.6. The van der Waals surface area contributed by atoms with E-state index in [9.17, 15) is 32.3 Å². The summed E-state index contributed by atoms with van der Waals surface area (Å²) in [5.41, 5.74) is -1.58. The van der Waals surface area contributed by atoms with Crippen molar-refractivity contribution in [3.8, 4) is 11.8 Å². The van der Waals surface area contributed by atoms with E-state index in [-0.39, 0.29) is 36.9 Å². The first-order valence-corrected chi connectivity index (χ1v) is 12.8. The molecule has 1 heterocycles. The van der Waals surface area contributed by atoms with Crippen LogP contribution in [0.1, 0.15) is 57.9 Å². The van der Waals surface area contributed by atoms with Crippen LogP contribution in [0.4, 0.5) is 33.7 Å². The lowest BCUT2D eigenvalue weighted by atomic mass is 9.77. The maximum atomic E-state index is 14.8. The molecular weight excluding hydrogens is 538 g/mol. The van der Waals surface area contributed by atoms with Crippen LogP contribution < -0.4 is 19.7 Å². The SMILES string of the molecule is CCOC(=O)C(F)(F)C1(O)CCC(N(C(=O)Nc2ccc(OC)nc2OC(F)F)c2ccccc2C(C)C)CC1. The molecule has 13 heteroatoms. The van der Waals surface area contributed by atoms with Crippen molar-refractivity contribution in [2.45, 2.75) is 76.5 Å². The number of nitrogens with one attached hydrogen (secondary N) is 1. The summed E-state index contributed by atoms with van der Waals surface area (Å²) in [6.07, 6.45) is -1.18. The molecule has 0 unspecified atom stereocenters. The summed E-state index contributed by atoms with van der Waals surface area (Å²) < 4.78 is 69.7. The normalized spacial score (nSPS) is 19.3. The van der Waals surface area contributed by atoms with E-state index in [2.05, 4.69) is 19.8 Å². The molecule has 9 nitrogen and oxygen atoms in total. The van der Waals surface area contributed by atoms with Crippen molar-refractivity contribution in [2.75, 3.05) is 23.9 Å². The molecule has 3 rings (SSSR count). The monoisotopic (exact) mass is 571 g/mol. The maximum absolute atomic E-state index is 14.8. The number of rotatable bonds is 10. The van der Waals surface area contributed by atoms with Crippen LogP contribution in [0.25, 0.3) is 0 Å². The smallest absolute Gasteiger partial charge is 0.388 e. The lowest BCUT2D eigenvalue weighted by Gasteiger charge is -2.43. The molecule has 0 spiro atoms. The lowest BCUT2D eigenvalue weighted by Crippen LogP contribution is -2.58. The number of nitrogens with zero attached hydrogens (tertiary/aromatic N) is 2. The number of benzene rings is 1. The highest BCUT2D eigenvalue weighted by Crippen LogP contribution is 2.44. The highest BCUT2D eigenvalue weighted by atomic mass is 19.3. The van der Waals surface area contributed by atoms with Crippen LogP contribution in [0.5, 0.6) is 11.8 Å². The number of ether oxygens (including phenoxy) is 3. The van der Waals surface area contributed by atoms with Crippen LogP contribution >= 0.6 is 0 Å². The van der Waals surface area contributed by atoms with E-state index in [0.29, 0.717) is 5.69 Å². The van der Waals surface area contributed by atoms with Gasteiger partial charge in [0.2, 0.25) is 11.8 Å². The molecule has 0 bridgehead atoms. The second-order valence-electron chi connectivity index (χ2n) is 9.66. The summed E-state index contributed by atoms with van der Waals surface area (Å²) in [5.74, 6) is -6.60. The fraction of sp³-hybridized carbons (Fsp3) is 0.519. The minimum absolute atomic E-state index is 0.0234. The summed E-state index contributed by atoms with van der Waals surface area (Å²) in [6, 6.07) is 8.18. The van der Waals surface area contributed by atoms with Gasteiger partial charge in [0, 0.05) is 17.8 Å². The van der Waals surface area contributed by atoms with Gasteiger partial charge in [0.15, 0.2) is 0 Å². The number of amides is 2. The summed E-state index contributed by atoms with van der Waals surface area (Å²) in [6.45, 7) is 1.70. The van der Waals surface area contributed by atoms with Crippen molar-refractivity contribution < 1.29 is 46.5 Å². The minimum atomic E-state index is -4.15. The molecule has 1 aromatic carbocycles. The molecule has 0 saturated heterocycles. The van der Waals surface area contributed by atoms with Gasteiger partial charge in [0.1, 0.15) is 11.3 Å². The summed E-state index contributed by atoms with van der Waals surface area (Å²) in [5, 5.41) is 13.3. The number of anilines is 2. The number of hydrogen-bond donors (Lipinski definition) is 2. The molecule has 1 aromatic heterocycles. The summed E-state index contributed by atoms with van der Waals surface area (Å²) in [4.78, 5) is 30.9. The largest absolute Gasteiger partial charge is 0.481 e. The molecule has 40 heavy (non-hydrogen) atoms. The van der Waals surface area contributed by atoms with Crippen molar-refractivity contribution in [2.24, 2.45) is 0 Å². The average Bonchev–Trinajstić information content (AvgIpc) is 2.91. The Labute approximate surface area is 229 Å². The van der Waals surface area contributed by atoms with E-state index < -0.39 is 54.9 Å². The van der Waals surface area contributed by atoms with Crippen molar-refractivity contribution in [1.29, 1.82) is 0 Å². The second kappa shape index (κ2) is 12.7. The molecule has 2 amide bonds. The Kier molecular flexibility index (Phi) is 9.82. The number of methoxy groups -OCH3 is 1. The zero-order valence-corrected chi connectivity index (χ0v) is 22.6. The van der Waals surface area contributed by atoms with Gasteiger partial charge in [0.25, 0.3) is 0 Å². The number of para-hydroxylation sites is 1. The Morgan fingerprint density at radius 3 is 2.40 bits per heavy atom. The quantitative estimate of drug-likeness (QED) is 0.277. The Balaban J connectivity index is 1.96. The van der Waals surface area contributed by atoms with Crippen LogP contribution in [0, 0.1) is 0 Å². The van der Waals surface area contributed by atoms with Crippen LogP contribution in [0.15, 0.2) is 36.4 Å². The van der Waals surface area contributed by atoms with Gasteiger partial charge in [-0.15, -0.1) is 0 Å². The molecule has 0 radical (unpaired) electrons. The second-order valence-corrected chi connectivity index (χ2v) is 9.66. The molecule has 1 aliphatic carbocycles. The Morgan fingerprint density at radius 1 is 1.18 bits per heavy atom. The van der Waals surface area contributed by atoms with E-state index >= 15 is 0 Å². The van der Waals surface area contributed by atoms with Gasteiger partial charge in [-0.2, -0.15) is 22.5 Å². The number of carbonyl (C=O) groups excluding carboxylic acids is 2. The van der Waals surface area contributed by atoms with Crippen molar-refractivity contribution in [3.63, 3.8) is 0 Å². The number of alkyl halides is 4. The molecule has 1 aliphatic rings. The number of aromatic nitrogens is 1. The van der Waals surface area contributed by atoms with E-state index in [1.165, 1.54) is 31.1 Å². The minimum Gasteiger partial charge on any atom is -0.481 e. The summed E-state index contributed by atoms with van der Waals surface area (Å²) in [7, 11) is 1.28. The van der Waals surface area contributed by atoms with Crippen molar-refractivity contribution >= 4 is 23.4 Å². The third kappa shape index (κ3) is 6.57. The van der Waals surface area contributed by atoms with E-state index in [1.54, 1.807) is 18.2 Å². The van der Waals surface area contributed by atoms with Crippen LogP contribution in [0.3, 0.4) is 0 Å². The Bertz CT molecular complexity index is 1190. The van der Waals surface area contributed by atoms with Crippen LogP contribution in [-0.4, -0.2) is 60.0 Å². The first-order valence-electron chi connectivity index (χ1n) is 12.8. The first-order chi connectivity index (χ1) is 18.8. The van der Waals surface area contributed by atoms with Gasteiger partial charge in [-0.3, -0.25) is 4.90 Å². The van der Waals surface area contributed by atoms with Crippen molar-refractivity contribution in [3.05, 3.63) is 42.0 Å². The zero-order chi connectivity index (χ0) is 29.7. The summed E-state index contributed by atoms with van der Waals surface area (Å²) >= 11 is 0. The van der Waals surface area contributed by atoms with Gasteiger partial charge in [-0.1, -0.05) is 32.0 Å². The third-order valence-electron chi connectivity index (χ3n) is 6.79. The van der Waals surface area contributed by atoms with Crippen LogP contribution in [-0.2, 0) is 9.53 Å². The molecule has 2 aromatic rings. The predicted octanol–water partition coefficient (Wildman–Crippen LogP) is 5.73. The van der Waals surface area contributed by atoms with E-state index in [1.807, 2.05) is 19.9 Å². The van der Waals surface area contributed by atoms with Gasteiger partial charge in [-0.25, -0.2) is 9.59 Å². The number of hydrogen-bond acceptors (Lipinski definition) is 7. The lowest BCUT2D eigenvalue weighted by molar-refractivity contribution is -0.220. The molecule has 1 fully saturated rings. The number of halogens is 4. The van der Waals surface area contributed by atoms with E-state index in [0.717, 1.165) is 5.56 Å². The molecule has 0 atom stereocenters. The number of carbonyl (C=O) groups is 2. The fourth-order valence-electron chi connectivity index (χ4n) is 4.71. The molecular formula is C27H33F4N3O6. The van der Waals surface area contributed by atoms with E-state index in [4.69, 9.17) is 4.74 Å². The number of aliphatic hydroxyl groups is 1. The van der Waals surface area contributed by atoms with Crippen molar-refractivity contribution in [1.82, 2.24) is 4.98 Å². The fourth-order valence-corrected chi connectivity index (χ4v) is 4.71.